The zero-order valence-electron chi connectivity index (χ0n) is 10.9. The lowest BCUT2D eigenvalue weighted by Gasteiger charge is -2.35. The Morgan fingerprint density at radius 3 is 1.53 bits per heavy atom. The van der Waals surface area contributed by atoms with Gasteiger partial charge in [-0.15, -0.1) is 0 Å². The Labute approximate surface area is 103 Å². The van der Waals surface area contributed by atoms with Crippen molar-refractivity contribution in [2.45, 2.75) is 38.9 Å². The van der Waals surface area contributed by atoms with Crippen molar-refractivity contribution in [2.24, 2.45) is 0 Å². The summed E-state index contributed by atoms with van der Waals surface area (Å²) in [5, 5.41) is 1.13. The normalized spacial score (nSPS) is 13.9. The van der Waals surface area contributed by atoms with Gasteiger partial charge in [0.25, 0.3) is 0 Å². The Morgan fingerprint density at radius 2 is 1.24 bits per heavy atom. The number of alkyl halides is 3. The number of rotatable bonds is 2. The van der Waals surface area contributed by atoms with Gasteiger partial charge in [0.15, 0.2) is 0 Å². The molecule has 0 aliphatic rings. The Hall–Kier alpha value is -0.556. The van der Waals surface area contributed by atoms with E-state index in [1.54, 1.807) is 12.1 Å². The average molecular weight is 276 g/mol. The number of hydrogen-bond acceptors (Lipinski definition) is 0. The summed E-state index contributed by atoms with van der Waals surface area (Å²) in [5.41, 5.74) is -0.554. The Kier molecular flexibility index (Phi) is 3.65. The SMILES string of the molecule is C[Si](C)(C)[Si](C)(C)c1ccc(C(F)(F)F)cc1. The smallest absolute Gasteiger partial charge is 0.166 e. The summed E-state index contributed by atoms with van der Waals surface area (Å²) < 4.78 is 37.4. The van der Waals surface area contributed by atoms with E-state index >= 15 is 0 Å². The molecule has 0 saturated heterocycles. The van der Waals surface area contributed by atoms with Crippen LogP contribution in [-0.2, 0) is 6.18 Å². The minimum Gasteiger partial charge on any atom is -0.166 e. The molecule has 0 aromatic heterocycles. The summed E-state index contributed by atoms with van der Waals surface area (Å²) in [5.74, 6) is 0. The third-order valence-electron chi connectivity index (χ3n) is 3.81. The highest BCUT2D eigenvalue weighted by Crippen LogP contribution is 2.29. The van der Waals surface area contributed by atoms with Crippen LogP contribution in [0.1, 0.15) is 5.56 Å². The van der Waals surface area contributed by atoms with E-state index in [9.17, 15) is 13.2 Å². The lowest BCUT2D eigenvalue weighted by Crippen LogP contribution is -2.61. The van der Waals surface area contributed by atoms with Crippen LogP contribution in [0.25, 0.3) is 0 Å². The second kappa shape index (κ2) is 4.28. The molecule has 5 heteroatoms. The van der Waals surface area contributed by atoms with E-state index in [0.717, 1.165) is 5.19 Å². The molecule has 1 rings (SSSR count). The molecule has 0 saturated carbocycles. The summed E-state index contributed by atoms with van der Waals surface area (Å²) in [7, 11) is -2.92. The molecule has 0 unspecified atom stereocenters. The van der Waals surface area contributed by atoms with Crippen molar-refractivity contribution < 1.29 is 13.2 Å². The highest BCUT2D eigenvalue weighted by molar-refractivity contribution is 7.45. The third kappa shape index (κ3) is 3.01. The highest BCUT2D eigenvalue weighted by atomic mass is 29.3. The lowest BCUT2D eigenvalue weighted by molar-refractivity contribution is -0.137. The van der Waals surface area contributed by atoms with Crippen molar-refractivity contribution in [3.63, 3.8) is 0 Å². The van der Waals surface area contributed by atoms with Crippen LogP contribution in [0.3, 0.4) is 0 Å². The summed E-state index contributed by atoms with van der Waals surface area (Å²) in [6.07, 6.45) is -4.23. The average Bonchev–Trinajstić information content (AvgIpc) is 2.15. The number of benzene rings is 1. The number of hydrogen-bond donors (Lipinski definition) is 0. The molecule has 0 aliphatic carbocycles. The number of halogens is 3. The van der Waals surface area contributed by atoms with Gasteiger partial charge in [-0.1, -0.05) is 62.2 Å². The molecule has 0 heterocycles. The highest BCUT2D eigenvalue weighted by Gasteiger charge is 2.39. The van der Waals surface area contributed by atoms with Gasteiger partial charge in [0.05, 0.1) is 13.2 Å². The van der Waals surface area contributed by atoms with Crippen molar-refractivity contribution >= 4 is 20.4 Å². The van der Waals surface area contributed by atoms with E-state index in [4.69, 9.17) is 0 Å². The van der Waals surface area contributed by atoms with Crippen LogP contribution in [0.4, 0.5) is 13.2 Å². The Balaban J connectivity index is 3.12. The third-order valence-corrected chi connectivity index (χ3v) is 21.5. The summed E-state index contributed by atoms with van der Waals surface area (Å²) in [6, 6.07) is 5.77. The van der Waals surface area contributed by atoms with Crippen LogP contribution in [0.15, 0.2) is 24.3 Å². The van der Waals surface area contributed by atoms with Crippen molar-refractivity contribution in [2.75, 3.05) is 0 Å². The molecule has 0 nitrogen and oxygen atoms in total. The first-order valence-electron chi connectivity index (χ1n) is 5.64. The van der Waals surface area contributed by atoms with Crippen LogP contribution in [0.2, 0.25) is 32.7 Å². The molecule has 0 atom stereocenters. The van der Waals surface area contributed by atoms with Crippen molar-refractivity contribution in [3.8, 4) is 0 Å². The molecule has 96 valence electrons. The second-order valence-corrected chi connectivity index (χ2v) is 22.5. The second-order valence-electron chi connectivity index (χ2n) is 5.95. The fourth-order valence-electron chi connectivity index (χ4n) is 1.51. The molecular weight excluding hydrogens is 257 g/mol. The fourth-order valence-corrected chi connectivity index (χ4v) is 6.47. The van der Waals surface area contributed by atoms with E-state index in [1.807, 2.05) is 0 Å². The molecule has 1 aromatic rings. The predicted molar refractivity (Wildman–Crippen MR) is 71.9 cm³/mol. The summed E-state index contributed by atoms with van der Waals surface area (Å²) in [6.45, 7) is 11.4. The van der Waals surface area contributed by atoms with Crippen LogP contribution in [-0.4, -0.2) is 15.2 Å². The van der Waals surface area contributed by atoms with E-state index < -0.39 is 26.9 Å². The summed E-state index contributed by atoms with van der Waals surface area (Å²) >= 11 is 0. The van der Waals surface area contributed by atoms with Crippen LogP contribution in [0, 0.1) is 0 Å². The van der Waals surface area contributed by atoms with Gasteiger partial charge >= 0.3 is 6.18 Å². The molecular formula is C12H19F3Si2. The largest absolute Gasteiger partial charge is 0.416 e. The van der Waals surface area contributed by atoms with Gasteiger partial charge in [-0.05, 0) is 0 Å². The van der Waals surface area contributed by atoms with E-state index in [-0.39, 0.29) is 0 Å². The van der Waals surface area contributed by atoms with Crippen molar-refractivity contribution in [3.05, 3.63) is 29.8 Å². The first kappa shape index (κ1) is 14.5. The van der Waals surface area contributed by atoms with E-state index in [1.165, 1.54) is 12.1 Å². The molecule has 0 aliphatic heterocycles. The Morgan fingerprint density at radius 1 is 0.824 bits per heavy atom. The maximum atomic E-state index is 12.5. The van der Waals surface area contributed by atoms with Crippen LogP contribution >= 0.6 is 0 Å². The van der Waals surface area contributed by atoms with Crippen molar-refractivity contribution in [1.82, 2.24) is 0 Å². The van der Waals surface area contributed by atoms with Crippen molar-refractivity contribution in [1.29, 1.82) is 0 Å². The monoisotopic (exact) mass is 276 g/mol. The van der Waals surface area contributed by atoms with Gasteiger partial charge in [-0.3, -0.25) is 0 Å². The quantitative estimate of drug-likeness (QED) is 0.715. The molecule has 0 radical (unpaired) electrons. The topological polar surface area (TPSA) is 0 Å². The Bertz CT molecular complexity index is 386. The van der Waals surface area contributed by atoms with Gasteiger partial charge in [0.1, 0.15) is 0 Å². The van der Waals surface area contributed by atoms with Crippen LogP contribution in [0.5, 0.6) is 0 Å². The van der Waals surface area contributed by atoms with Gasteiger partial charge in [0.2, 0.25) is 0 Å². The first-order valence-corrected chi connectivity index (χ1v) is 13.1. The van der Waals surface area contributed by atoms with E-state index in [2.05, 4.69) is 32.7 Å². The zero-order valence-corrected chi connectivity index (χ0v) is 12.9. The maximum absolute atomic E-state index is 12.5. The molecule has 17 heavy (non-hydrogen) atoms. The zero-order chi connectivity index (χ0) is 13.5. The molecule has 1 aromatic carbocycles. The predicted octanol–water partition coefficient (Wildman–Crippen LogP) is 4.04. The molecule has 0 fully saturated rings. The molecule has 0 amide bonds. The molecule has 0 N–H and O–H groups in total. The standard InChI is InChI=1S/C12H19F3Si2/c1-16(2,3)17(4,5)11-8-6-10(7-9-11)12(13,14)15/h6-9H,1-5H3. The minimum atomic E-state index is -4.23. The van der Waals surface area contributed by atoms with Gasteiger partial charge < -0.3 is 0 Å². The van der Waals surface area contributed by atoms with E-state index in [0.29, 0.717) is 0 Å². The molecule has 0 bridgehead atoms. The summed E-state index contributed by atoms with van der Waals surface area (Å²) in [4.78, 5) is 0. The first-order chi connectivity index (χ1) is 7.46. The van der Waals surface area contributed by atoms with Crippen LogP contribution < -0.4 is 5.19 Å². The fraction of sp³-hybridized carbons (Fsp3) is 0.500. The van der Waals surface area contributed by atoms with Gasteiger partial charge in [-0.2, -0.15) is 13.2 Å². The van der Waals surface area contributed by atoms with Gasteiger partial charge in [-0.25, -0.2) is 0 Å². The molecule has 0 spiro atoms. The minimum absolute atomic E-state index is 0.554. The maximum Gasteiger partial charge on any atom is 0.416 e. The van der Waals surface area contributed by atoms with Gasteiger partial charge in [0, 0.05) is 7.59 Å². The lowest BCUT2D eigenvalue weighted by atomic mass is 10.2.